The van der Waals surface area contributed by atoms with Gasteiger partial charge in [0.25, 0.3) is 5.91 Å². The number of nitrogens with zero attached hydrogens (tertiary/aromatic N) is 9. The third-order valence-electron chi connectivity index (χ3n) is 13.8. The van der Waals surface area contributed by atoms with Crippen molar-refractivity contribution >= 4 is 40.6 Å². The van der Waals surface area contributed by atoms with E-state index in [1.807, 2.05) is 75.1 Å². The van der Waals surface area contributed by atoms with Gasteiger partial charge in [0.15, 0.2) is 5.65 Å². The Morgan fingerprint density at radius 3 is 2.31 bits per heavy atom. The van der Waals surface area contributed by atoms with Gasteiger partial charge in [-0.1, -0.05) is 30.3 Å². The Kier molecular flexibility index (Phi) is 11.7. The molecule has 5 aromatic rings. The van der Waals surface area contributed by atoms with Crippen molar-refractivity contribution < 1.29 is 23.9 Å². The molecule has 5 aliphatic rings. The van der Waals surface area contributed by atoms with Gasteiger partial charge < -0.3 is 30.1 Å². The standard InChI is InChI=1S/C48H55N11O5/c49-44-42-43(33-9-12-38(13-10-33)64-37-7-2-1-3-8-37)53-59(45(42)51-31-50-44)36-6-4-21-57(30-36)48(63)56-26-24-55(25-27-56)20-5-19-54-22-17-32(18-23-54)34-11-14-39-35(28-34)29-58(47(39)62)40-15-16-41(60)52-46(40)61/h1-3,7-14,28,31-32,36,40H,4-6,15-27,29-30H2,(H2,49,50,51)(H,52,60,61)/t36-,40?/m1/s1. The highest BCUT2D eigenvalue weighted by molar-refractivity contribution is 6.05. The molecule has 332 valence electrons. The van der Waals surface area contributed by atoms with Crippen molar-refractivity contribution in [3.05, 3.63) is 95.8 Å². The van der Waals surface area contributed by atoms with Crippen LogP contribution in [-0.2, 0) is 16.1 Å². The van der Waals surface area contributed by atoms with Crippen LogP contribution >= 0.6 is 0 Å². The fourth-order valence-corrected chi connectivity index (χ4v) is 10.3. The Hall–Kier alpha value is -6.39. The molecule has 16 nitrogen and oxygen atoms in total. The van der Waals surface area contributed by atoms with E-state index in [9.17, 15) is 19.2 Å². The summed E-state index contributed by atoms with van der Waals surface area (Å²) in [7, 11) is 0. The number of nitrogen functional groups attached to an aromatic ring is 1. The summed E-state index contributed by atoms with van der Waals surface area (Å²) in [6.45, 7) is 8.98. The SMILES string of the molecule is Nc1ncnc2c1c(-c1ccc(Oc3ccccc3)cc1)nn2[C@@H]1CCCN(C(=O)N2CCN(CCCN3CCC(c4ccc5c(c4)CN(C4CCC(=O)NC4=O)C5=O)CC3)CC2)C1. The number of benzene rings is 3. The molecule has 0 bridgehead atoms. The molecule has 10 rings (SSSR count). The minimum atomic E-state index is -0.592. The smallest absolute Gasteiger partial charge is 0.320 e. The van der Waals surface area contributed by atoms with E-state index < -0.39 is 6.04 Å². The minimum absolute atomic E-state index is 0.0489. The summed E-state index contributed by atoms with van der Waals surface area (Å²) in [6.07, 6.45) is 7.08. The summed E-state index contributed by atoms with van der Waals surface area (Å²) < 4.78 is 7.97. The van der Waals surface area contributed by atoms with E-state index in [0.29, 0.717) is 73.2 Å². The zero-order chi connectivity index (χ0) is 43.7. The molecule has 4 saturated heterocycles. The lowest BCUT2D eigenvalue weighted by atomic mass is 9.88. The summed E-state index contributed by atoms with van der Waals surface area (Å²) >= 11 is 0. The minimum Gasteiger partial charge on any atom is -0.457 e. The number of urea groups is 1. The summed E-state index contributed by atoms with van der Waals surface area (Å²) in [4.78, 5) is 70.9. The number of piperazine rings is 1. The number of carbonyl (C=O) groups excluding carboxylic acids is 4. The lowest BCUT2D eigenvalue weighted by Gasteiger charge is -2.40. The van der Waals surface area contributed by atoms with Crippen molar-refractivity contribution in [3.8, 4) is 22.8 Å². The lowest BCUT2D eigenvalue weighted by Crippen LogP contribution is -2.54. The highest BCUT2D eigenvalue weighted by Crippen LogP contribution is 2.36. The summed E-state index contributed by atoms with van der Waals surface area (Å²) in [5.74, 6) is 1.52. The van der Waals surface area contributed by atoms with Crippen molar-refractivity contribution in [2.24, 2.45) is 0 Å². The maximum Gasteiger partial charge on any atom is 0.320 e. The van der Waals surface area contributed by atoms with Crippen LogP contribution in [0.2, 0.25) is 0 Å². The predicted octanol–water partition coefficient (Wildman–Crippen LogP) is 5.27. The first kappa shape index (κ1) is 41.6. The molecule has 5 aliphatic heterocycles. The second-order valence-corrected chi connectivity index (χ2v) is 17.8. The van der Waals surface area contributed by atoms with Crippen molar-refractivity contribution in [2.75, 3.05) is 71.2 Å². The zero-order valence-electron chi connectivity index (χ0n) is 36.1. The summed E-state index contributed by atoms with van der Waals surface area (Å²) in [5, 5.41) is 8.18. The van der Waals surface area contributed by atoms with Gasteiger partial charge in [-0.2, -0.15) is 5.10 Å². The quantitative estimate of drug-likeness (QED) is 0.175. The van der Waals surface area contributed by atoms with Crippen LogP contribution < -0.4 is 15.8 Å². The molecule has 2 atom stereocenters. The number of amides is 5. The van der Waals surface area contributed by atoms with Gasteiger partial charge in [-0.25, -0.2) is 19.4 Å². The van der Waals surface area contributed by atoms with Crippen LogP contribution in [0.15, 0.2) is 79.1 Å². The van der Waals surface area contributed by atoms with Crippen LogP contribution in [0.3, 0.4) is 0 Å². The van der Waals surface area contributed by atoms with Gasteiger partial charge in [0.05, 0.1) is 11.4 Å². The number of ether oxygens (including phenoxy) is 1. The van der Waals surface area contributed by atoms with Gasteiger partial charge in [0.2, 0.25) is 11.8 Å². The zero-order valence-corrected chi connectivity index (χ0v) is 36.1. The molecule has 5 amide bonds. The van der Waals surface area contributed by atoms with E-state index in [0.717, 1.165) is 94.0 Å². The second kappa shape index (κ2) is 18.0. The van der Waals surface area contributed by atoms with E-state index in [1.165, 1.54) is 11.9 Å². The molecule has 0 saturated carbocycles. The highest BCUT2D eigenvalue weighted by Gasteiger charge is 2.39. The van der Waals surface area contributed by atoms with E-state index in [2.05, 4.69) is 37.2 Å². The molecular weight excluding hydrogens is 811 g/mol. The van der Waals surface area contributed by atoms with Crippen molar-refractivity contribution in [3.63, 3.8) is 0 Å². The van der Waals surface area contributed by atoms with E-state index >= 15 is 0 Å². The topological polar surface area (TPSA) is 175 Å². The molecule has 0 radical (unpaired) electrons. The first-order valence-corrected chi connectivity index (χ1v) is 22.8. The monoisotopic (exact) mass is 865 g/mol. The van der Waals surface area contributed by atoms with Gasteiger partial charge in [-0.15, -0.1) is 0 Å². The number of aromatic nitrogens is 4. The van der Waals surface area contributed by atoms with E-state index in [4.69, 9.17) is 15.6 Å². The maximum atomic E-state index is 14.0. The number of para-hydroxylation sites is 1. The molecule has 64 heavy (non-hydrogen) atoms. The fraction of sp³-hybridized carbons (Fsp3) is 0.438. The van der Waals surface area contributed by atoms with Gasteiger partial charge in [-0.3, -0.25) is 24.6 Å². The molecule has 4 fully saturated rings. The number of anilines is 1. The predicted molar refractivity (Wildman–Crippen MR) is 240 cm³/mol. The fourth-order valence-electron chi connectivity index (χ4n) is 10.3. The Balaban J connectivity index is 0.682. The highest BCUT2D eigenvalue weighted by atomic mass is 16.5. The number of rotatable bonds is 10. The third kappa shape index (κ3) is 8.51. The molecule has 0 spiro atoms. The summed E-state index contributed by atoms with van der Waals surface area (Å²) in [6, 6.07) is 23.1. The van der Waals surface area contributed by atoms with Crippen LogP contribution in [0, 0.1) is 0 Å². The molecule has 2 aromatic heterocycles. The van der Waals surface area contributed by atoms with E-state index in [-0.39, 0.29) is 36.2 Å². The summed E-state index contributed by atoms with van der Waals surface area (Å²) in [5.41, 5.74) is 11.6. The number of carbonyl (C=O) groups is 4. The third-order valence-corrected chi connectivity index (χ3v) is 13.8. The van der Waals surface area contributed by atoms with E-state index in [1.54, 1.807) is 4.90 Å². The number of nitrogens with one attached hydrogen (secondary N) is 1. The molecule has 0 aliphatic carbocycles. The van der Waals surface area contributed by atoms with Crippen molar-refractivity contribution in [2.45, 2.75) is 69.5 Å². The van der Waals surface area contributed by atoms with Crippen LogP contribution in [0.1, 0.15) is 78.4 Å². The average Bonchev–Trinajstić information content (AvgIpc) is 3.88. The van der Waals surface area contributed by atoms with Crippen LogP contribution in [0.4, 0.5) is 10.6 Å². The number of likely N-dealkylation sites (tertiary alicyclic amines) is 2. The van der Waals surface area contributed by atoms with Crippen molar-refractivity contribution in [1.82, 2.24) is 49.6 Å². The van der Waals surface area contributed by atoms with Gasteiger partial charge >= 0.3 is 6.03 Å². The van der Waals surface area contributed by atoms with Crippen LogP contribution in [-0.4, -0.2) is 139 Å². The number of fused-ring (bicyclic) bond motifs is 2. The Bertz CT molecular complexity index is 2530. The van der Waals surface area contributed by atoms with Crippen LogP contribution in [0.5, 0.6) is 11.5 Å². The average molecular weight is 866 g/mol. The molecule has 3 aromatic carbocycles. The number of hydrogen-bond donors (Lipinski definition) is 2. The van der Waals surface area contributed by atoms with Crippen LogP contribution in [0.25, 0.3) is 22.3 Å². The molecular formula is C48H55N11O5. The Labute approximate surface area is 372 Å². The Morgan fingerprint density at radius 1 is 0.797 bits per heavy atom. The largest absolute Gasteiger partial charge is 0.457 e. The molecule has 16 heteroatoms. The second-order valence-electron chi connectivity index (χ2n) is 17.8. The van der Waals surface area contributed by atoms with Gasteiger partial charge in [-0.05, 0) is 124 Å². The van der Waals surface area contributed by atoms with Gasteiger partial charge in [0.1, 0.15) is 35.4 Å². The first-order valence-electron chi connectivity index (χ1n) is 22.8. The van der Waals surface area contributed by atoms with Crippen molar-refractivity contribution in [1.29, 1.82) is 0 Å². The number of hydrogen-bond acceptors (Lipinski definition) is 11. The molecule has 1 unspecified atom stereocenters. The molecule has 7 heterocycles. The molecule has 3 N–H and O–H groups in total. The normalized spacial score (nSPS) is 21.4. The first-order chi connectivity index (χ1) is 31.3. The lowest BCUT2D eigenvalue weighted by molar-refractivity contribution is -0.136. The number of imide groups is 1. The maximum absolute atomic E-state index is 14.0. The number of piperidine rings is 3. The number of nitrogens with two attached hydrogens (primary N) is 1. The Morgan fingerprint density at radius 2 is 1.55 bits per heavy atom. The van der Waals surface area contributed by atoms with Gasteiger partial charge in [0, 0.05) is 63.4 Å².